The molecule has 0 bridgehead atoms. The Bertz CT molecular complexity index is 769. The zero-order valence-electron chi connectivity index (χ0n) is 16.5. The molecule has 152 valence electrons. The van der Waals surface area contributed by atoms with E-state index >= 15 is 0 Å². The van der Waals surface area contributed by atoms with E-state index in [9.17, 15) is 14.4 Å². The molecule has 0 fully saturated rings. The van der Waals surface area contributed by atoms with Gasteiger partial charge in [0.1, 0.15) is 6.61 Å². The summed E-state index contributed by atoms with van der Waals surface area (Å²) in [6.45, 7) is 7.51. The van der Waals surface area contributed by atoms with Gasteiger partial charge >= 0.3 is 17.9 Å². The molecule has 1 aromatic carbocycles. The minimum absolute atomic E-state index is 0.0943. The largest absolute Gasteiger partial charge is 0.473 e. The number of hydrogen-bond donors (Lipinski definition) is 0. The van der Waals surface area contributed by atoms with Crippen LogP contribution in [0.25, 0.3) is 0 Å². The van der Waals surface area contributed by atoms with Crippen molar-refractivity contribution >= 4 is 29.7 Å². The molecule has 0 amide bonds. The highest BCUT2D eigenvalue weighted by Crippen LogP contribution is 2.40. The van der Waals surface area contributed by atoms with Crippen LogP contribution in [0.5, 0.6) is 0 Å². The molecule has 0 saturated heterocycles. The second-order valence-corrected chi connectivity index (χ2v) is 7.53. The van der Waals surface area contributed by atoms with Crippen LogP contribution in [0.3, 0.4) is 0 Å². The number of carbonyl (C=O) groups excluding carboxylic acids is 3. The minimum Gasteiger partial charge on any atom is -0.473 e. The predicted octanol–water partition coefficient (Wildman–Crippen LogP) is 3.35. The Morgan fingerprint density at radius 1 is 1.04 bits per heavy atom. The first-order chi connectivity index (χ1) is 13.2. The van der Waals surface area contributed by atoms with E-state index in [-0.39, 0.29) is 12.4 Å². The van der Waals surface area contributed by atoms with Gasteiger partial charge in [-0.2, -0.15) is 0 Å². The Morgan fingerprint density at radius 3 is 2.21 bits per heavy atom. The lowest BCUT2D eigenvalue weighted by atomic mass is 9.96. The van der Waals surface area contributed by atoms with Crippen molar-refractivity contribution in [1.29, 1.82) is 0 Å². The van der Waals surface area contributed by atoms with E-state index in [1.54, 1.807) is 6.92 Å². The van der Waals surface area contributed by atoms with Gasteiger partial charge in [-0.25, -0.2) is 0 Å². The van der Waals surface area contributed by atoms with E-state index < -0.39 is 36.0 Å². The lowest BCUT2D eigenvalue weighted by molar-refractivity contribution is -0.168. The van der Waals surface area contributed by atoms with Crippen molar-refractivity contribution in [2.45, 2.75) is 51.7 Å². The molecule has 28 heavy (non-hydrogen) atoms. The van der Waals surface area contributed by atoms with Crippen molar-refractivity contribution < 1.29 is 33.3 Å². The van der Waals surface area contributed by atoms with Gasteiger partial charge in [0.25, 0.3) is 0 Å². The summed E-state index contributed by atoms with van der Waals surface area (Å²) in [7, 11) is 0. The third-order valence-corrected chi connectivity index (χ3v) is 4.96. The molecular weight excluding hydrogens is 384 g/mol. The van der Waals surface area contributed by atoms with Crippen LogP contribution >= 0.6 is 11.8 Å². The molecule has 2 unspecified atom stereocenters. The van der Waals surface area contributed by atoms with Crippen LogP contribution in [-0.4, -0.2) is 36.7 Å². The zero-order chi connectivity index (χ0) is 20.8. The highest BCUT2D eigenvalue weighted by molar-refractivity contribution is 8.03. The molecule has 3 atom stereocenters. The number of carbonyl (C=O) groups is 3. The number of benzene rings is 1. The fraction of sp³-hybridized carbons (Fsp3) is 0.450. The van der Waals surface area contributed by atoms with Gasteiger partial charge in [0, 0.05) is 25.7 Å². The molecular formula is C20H24O7S. The first kappa shape index (κ1) is 21.8. The predicted molar refractivity (Wildman–Crippen MR) is 102 cm³/mol. The number of ether oxygens (including phenoxy) is 4. The normalized spacial score (nSPS) is 21.5. The van der Waals surface area contributed by atoms with E-state index in [0.29, 0.717) is 5.09 Å². The van der Waals surface area contributed by atoms with Crippen LogP contribution in [0.2, 0.25) is 0 Å². The first-order valence-electron chi connectivity index (χ1n) is 8.81. The van der Waals surface area contributed by atoms with Crippen molar-refractivity contribution in [2.24, 2.45) is 5.92 Å². The topological polar surface area (TPSA) is 88.1 Å². The van der Waals surface area contributed by atoms with Gasteiger partial charge in [0.05, 0.1) is 5.92 Å². The molecule has 0 aliphatic carbocycles. The lowest BCUT2D eigenvalue weighted by Crippen LogP contribution is -2.45. The summed E-state index contributed by atoms with van der Waals surface area (Å²) >= 11 is 1.29. The van der Waals surface area contributed by atoms with Crippen LogP contribution in [0.4, 0.5) is 0 Å². The summed E-state index contributed by atoms with van der Waals surface area (Å²) < 4.78 is 21.8. The average Bonchev–Trinajstić information content (AvgIpc) is 2.60. The molecule has 1 aliphatic heterocycles. The SMILES string of the molecule is CC(=O)OCC1OC(Sc2ccc(C)cc2)=C(OC(C)=O)C(C)[C@H]1OC(C)=O. The Labute approximate surface area is 168 Å². The van der Waals surface area contributed by atoms with Crippen LogP contribution < -0.4 is 0 Å². The number of rotatable bonds is 6. The van der Waals surface area contributed by atoms with Crippen LogP contribution in [0.1, 0.15) is 33.3 Å². The highest BCUT2D eigenvalue weighted by Gasteiger charge is 2.42. The summed E-state index contributed by atoms with van der Waals surface area (Å²) in [6, 6.07) is 7.76. The van der Waals surface area contributed by atoms with Gasteiger partial charge in [-0.3, -0.25) is 14.4 Å². The van der Waals surface area contributed by atoms with Crippen LogP contribution in [0.15, 0.2) is 40.0 Å². The average molecular weight is 408 g/mol. The summed E-state index contributed by atoms with van der Waals surface area (Å²) in [5.41, 5.74) is 1.11. The molecule has 0 radical (unpaired) electrons. The van der Waals surface area contributed by atoms with E-state index in [1.807, 2.05) is 31.2 Å². The summed E-state index contributed by atoms with van der Waals surface area (Å²) in [6.07, 6.45) is -1.50. The molecule has 8 heteroatoms. The zero-order valence-corrected chi connectivity index (χ0v) is 17.3. The van der Waals surface area contributed by atoms with Crippen molar-refractivity contribution in [3.8, 4) is 0 Å². The number of hydrogen-bond acceptors (Lipinski definition) is 8. The number of thioether (sulfide) groups is 1. The second kappa shape index (κ2) is 9.64. The lowest BCUT2D eigenvalue weighted by Gasteiger charge is -2.37. The third-order valence-electron chi connectivity index (χ3n) is 3.97. The van der Waals surface area contributed by atoms with Gasteiger partial charge in [-0.1, -0.05) is 24.6 Å². The van der Waals surface area contributed by atoms with Gasteiger partial charge in [0.15, 0.2) is 23.1 Å². The van der Waals surface area contributed by atoms with Crippen molar-refractivity contribution in [3.63, 3.8) is 0 Å². The van der Waals surface area contributed by atoms with Gasteiger partial charge in [0.2, 0.25) is 0 Å². The monoisotopic (exact) mass is 408 g/mol. The molecule has 7 nitrogen and oxygen atoms in total. The summed E-state index contributed by atoms with van der Waals surface area (Å²) in [4.78, 5) is 35.3. The smallest absolute Gasteiger partial charge is 0.307 e. The summed E-state index contributed by atoms with van der Waals surface area (Å²) in [5, 5.41) is 0.368. The minimum atomic E-state index is -0.770. The fourth-order valence-corrected chi connectivity index (χ4v) is 3.68. The maximum Gasteiger partial charge on any atom is 0.307 e. The molecule has 0 aromatic heterocycles. The molecule has 1 aliphatic rings. The van der Waals surface area contributed by atoms with E-state index in [1.165, 1.54) is 32.5 Å². The number of esters is 3. The Balaban J connectivity index is 2.38. The van der Waals surface area contributed by atoms with Crippen molar-refractivity contribution in [3.05, 3.63) is 40.7 Å². The standard InChI is InChI=1S/C20H24O7S/c1-11-6-8-16(9-7-11)28-20-19(26-15(5)23)12(2)18(25-14(4)22)17(27-20)10-24-13(3)21/h6-9,12,17-18H,10H2,1-5H3/t12?,17?,18-/m1/s1. The Morgan fingerprint density at radius 2 is 1.68 bits per heavy atom. The van der Waals surface area contributed by atoms with E-state index in [4.69, 9.17) is 18.9 Å². The highest BCUT2D eigenvalue weighted by atomic mass is 32.2. The fourth-order valence-electron chi connectivity index (χ4n) is 2.69. The Hall–Kier alpha value is -2.48. The van der Waals surface area contributed by atoms with Gasteiger partial charge < -0.3 is 18.9 Å². The number of aryl methyl sites for hydroxylation is 1. The molecule has 2 rings (SSSR count). The van der Waals surface area contributed by atoms with Crippen LogP contribution in [-0.2, 0) is 33.3 Å². The molecule has 0 N–H and O–H groups in total. The first-order valence-corrected chi connectivity index (χ1v) is 9.63. The van der Waals surface area contributed by atoms with E-state index in [0.717, 1.165) is 10.5 Å². The van der Waals surface area contributed by atoms with Gasteiger partial charge in [-0.15, -0.1) is 0 Å². The van der Waals surface area contributed by atoms with Crippen molar-refractivity contribution in [2.75, 3.05) is 6.61 Å². The van der Waals surface area contributed by atoms with Crippen LogP contribution in [0, 0.1) is 12.8 Å². The molecule has 1 heterocycles. The van der Waals surface area contributed by atoms with Gasteiger partial charge in [-0.05, 0) is 30.8 Å². The summed E-state index contributed by atoms with van der Waals surface area (Å²) in [5.74, 6) is -1.68. The quantitative estimate of drug-likeness (QED) is 0.523. The Kier molecular flexibility index (Phi) is 7.51. The van der Waals surface area contributed by atoms with Crippen molar-refractivity contribution in [1.82, 2.24) is 0 Å². The maximum atomic E-state index is 11.6. The maximum absolute atomic E-state index is 11.6. The van der Waals surface area contributed by atoms with E-state index in [2.05, 4.69) is 0 Å². The molecule has 1 aromatic rings. The molecule has 0 saturated carbocycles. The second-order valence-electron chi connectivity index (χ2n) is 6.48. The molecule has 0 spiro atoms. The third kappa shape index (κ3) is 6.02.